The molecule has 1 fully saturated rings. The van der Waals surface area contributed by atoms with Gasteiger partial charge >= 0.3 is 0 Å². The quantitative estimate of drug-likeness (QED) is 0.906. The molecule has 0 aliphatic carbocycles. The van der Waals surface area contributed by atoms with Crippen LogP contribution in [0.4, 0.5) is 0 Å². The zero-order chi connectivity index (χ0) is 13.7. The summed E-state index contributed by atoms with van der Waals surface area (Å²) in [5.41, 5.74) is 1.04. The monoisotopic (exact) mass is 302 g/mol. The molecule has 2 rings (SSSR count). The maximum Gasteiger partial charge on any atom is 0.279 e. The second kappa shape index (κ2) is 6.70. The van der Waals surface area contributed by atoms with Gasteiger partial charge in [-0.25, -0.2) is 4.72 Å². The van der Waals surface area contributed by atoms with Crippen LogP contribution in [0.5, 0.6) is 0 Å². The second-order valence-corrected chi connectivity index (χ2v) is 6.93. The van der Waals surface area contributed by atoms with Crippen molar-refractivity contribution in [3.05, 3.63) is 34.9 Å². The molecule has 1 aromatic rings. The van der Waals surface area contributed by atoms with E-state index in [0.717, 1.165) is 24.8 Å². The summed E-state index contributed by atoms with van der Waals surface area (Å²) in [6, 6.07) is 7.48. The molecule has 1 aliphatic rings. The van der Waals surface area contributed by atoms with E-state index in [1.165, 1.54) is 4.31 Å². The fraction of sp³-hybridized carbons (Fsp3) is 0.538. The van der Waals surface area contributed by atoms with Crippen LogP contribution in [0.15, 0.2) is 24.3 Å². The summed E-state index contributed by atoms with van der Waals surface area (Å²) in [7, 11) is -3.31. The normalized spacial score (nSPS) is 17.5. The molecule has 4 nitrogen and oxygen atoms in total. The van der Waals surface area contributed by atoms with Gasteiger partial charge in [-0.15, -0.1) is 0 Å². The molecule has 0 aromatic heterocycles. The highest BCUT2D eigenvalue weighted by atomic mass is 35.5. The van der Waals surface area contributed by atoms with Gasteiger partial charge in [-0.3, -0.25) is 0 Å². The van der Waals surface area contributed by atoms with Gasteiger partial charge in [0.1, 0.15) is 0 Å². The molecule has 0 atom stereocenters. The van der Waals surface area contributed by atoms with Crippen molar-refractivity contribution in [1.82, 2.24) is 9.03 Å². The van der Waals surface area contributed by atoms with E-state index in [-0.39, 0.29) is 0 Å². The van der Waals surface area contributed by atoms with Crippen LogP contribution < -0.4 is 4.72 Å². The summed E-state index contributed by atoms with van der Waals surface area (Å²) in [4.78, 5) is 0. The fourth-order valence-electron chi connectivity index (χ4n) is 2.21. The van der Waals surface area contributed by atoms with Gasteiger partial charge in [0.15, 0.2) is 0 Å². The number of rotatable bonds is 5. The van der Waals surface area contributed by atoms with E-state index >= 15 is 0 Å². The number of hydrogen-bond acceptors (Lipinski definition) is 2. The SMILES string of the molecule is O=S(=O)(NCCc1cccc(Cl)c1)N1CCCCC1. The summed E-state index contributed by atoms with van der Waals surface area (Å²) < 4.78 is 28.3. The first kappa shape index (κ1) is 14.8. The van der Waals surface area contributed by atoms with Crippen molar-refractivity contribution in [1.29, 1.82) is 0 Å². The Morgan fingerprint density at radius 2 is 1.95 bits per heavy atom. The highest BCUT2D eigenvalue weighted by Crippen LogP contribution is 2.13. The topological polar surface area (TPSA) is 49.4 Å². The van der Waals surface area contributed by atoms with E-state index < -0.39 is 10.2 Å². The molecule has 1 heterocycles. The van der Waals surface area contributed by atoms with Crippen LogP contribution in [0.25, 0.3) is 0 Å². The van der Waals surface area contributed by atoms with Crippen molar-refractivity contribution in [3.63, 3.8) is 0 Å². The molecule has 0 bridgehead atoms. The Morgan fingerprint density at radius 3 is 2.63 bits per heavy atom. The second-order valence-electron chi connectivity index (χ2n) is 4.74. The number of benzene rings is 1. The van der Waals surface area contributed by atoms with Crippen LogP contribution in [-0.4, -0.2) is 32.4 Å². The third-order valence-electron chi connectivity index (χ3n) is 3.24. The lowest BCUT2D eigenvalue weighted by molar-refractivity contribution is 0.342. The van der Waals surface area contributed by atoms with Crippen LogP contribution in [0.2, 0.25) is 5.02 Å². The van der Waals surface area contributed by atoms with Gasteiger partial charge < -0.3 is 0 Å². The standard InChI is InChI=1S/C13H19ClN2O2S/c14-13-6-4-5-12(11-13)7-8-15-19(17,18)16-9-2-1-3-10-16/h4-6,11,15H,1-3,7-10H2. The summed E-state index contributed by atoms with van der Waals surface area (Å²) >= 11 is 5.89. The first-order valence-corrected chi connectivity index (χ1v) is 8.39. The molecule has 0 radical (unpaired) electrons. The Morgan fingerprint density at radius 1 is 1.21 bits per heavy atom. The summed E-state index contributed by atoms with van der Waals surface area (Å²) in [5.74, 6) is 0. The number of nitrogens with zero attached hydrogens (tertiary/aromatic N) is 1. The molecule has 0 saturated carbocycles. The van der Waals surface area contributed by atoms with Crippen LogP contribution >= 0.6 is 11.6 Å². The van der Waals surface area contributed by atoms with E-state index in [4.69, 9.17) is 11.6 Å². The summed E-state index contributed by atoms with van der Waals surface area (Å²) in [5, 5.41) is 0.677. The van der Waals surface area contributed by atoms with Crippen LogP contribution in [0.1, 0.15) is 24.8 Å². The zero-order valence-electron chi connectivity index (χ0n) is 10.8. The summed E-state index contributed by atoms with van der Waals surface area (Å²) in [6.45, 7) is 1.66. The first-order valence-electron chi connectivity index (χ1n) is 6.57. The molecule has 0 unspecified atom stereocenters. The van der Waals surface area contributed by atoms with Gasteiger partial charge in [0.2, 0.25) is 0 Å². The lowest BCUT2D eigenvalue weighted by Gasteiger charge is -2.25. The third-order valence-corrected chi connectivity index (χ3v) is 5.09. The molecule has 0 spiro atoms. The van der Waals surface area contributed by atoms with Gasteiger partial charge in [0, 0.05) is 24.7 Å². The van der Waals surface area contributed by atoms with Crippen LogP contribution in [0, 0.1) is 0 Å². The van der Waals surface area contributed by atoms with Crippen LogP contribution in [0.3, 0.4) is 0 Å². The van der Waals surface area contributed by atoms with Gasteiger partial charge in [-0.05, 0) is 37.0 Å². The van der Waals surface area contributed by atoms with Crippen molar-refractivity contribution < 1.29 is 8.42 Å². The average Bonchev–Trinajstić information content (AvgIpc) is 2.40. The van der Waals surface area contributed by atoms with Crippen molar-refractivity contribution in [2.24, 2.45) is 0 Å². The maximum absolute atomic E-state index is 12.0. The van der Waals surface area contributed by atoms with Gasteiger partial charge in [0.05, 0.1) is 0 Å². The largest absolute Gasteiger partial charge is 0.279 e. The minimum atomic E-state index is -3.31. The predicted molar refractivity (Wildman–Crippen MR) is 77.5 cm³/mol. The highest BCUT2D eigenvalue weighted by molar-refractivity contribution is 7.87. The van der Waals surface area contributed by atoms with E-state index in [9.17, 15) is 8.42 Å². The molecule has 0 amide bonds. The van der Waals surface area contributed by atoms with Crippen molar-refractivity contribution in [3.8, 4) is 0 Å². The Hall–Kier alpha value is -0.620. The molecule has 19 heavy (non-hydrogen) atoms. The molecule has 1 saturated heterocycles. The molecule has 1 aromatic carbocycles. The van der Waals surface area contributed by atoms with Gasteiger partial charge in [-0.1, -0.05) is 30.2 Å². The number of hydrogen-bond donors (Lipinski definition) is 1. The fourth-order valence-corrected chi connectivity index (χ4v) is 3.71. The van der Waals surface area contributed by atoms with Crippen molar-refractivity contribution >= 4 is 21.8 Å². The van der Waals surface area contributed by atoms with E-state index in [2.05, 4.69) is 4.72 Å². The van der Waals surface area contributed by atoms with E-state index in [0.29, 0.717) is 31.1 Å². The minimum absolute atomic E-state index is 0.402. The van der Waals surface area contributed by atoms with Crippen LogP contribution in [-0.2, 0) is 16.6 Å². The number of nitrogens with one attached hydrogen (secondary N) is 1. The number of piperidine rings is 1. The Labute approximate surface area is 119 Å². The maximum atomic E-state index is 12.0. The Kier molecular flexibility index (Phi) is 5.21. The molecule has 6 heteroatoms. The lowest BCUT2D eigenvalue weighted by Crippen LogP contribution is -2.43. The molecular weight excluding hydrogens is 284 g/mol. The van der Waals surface area contributed by atoms with Crippen molar-refractivity contribution in [2.45, 2.75) is 25.7 Å². The van der Waals surface area contributed by atoms with Gasteiger partial charge in [-0.2, -0.15) is 12.7 Å². The third kappa shape index (κ3) is 4.45. The van der Waals surface area contributed by atoms with E-state index in [1.807, 2.05) is 24.3 Å². The van der Waals surface area contributed by atoms with Gasteiger partial charge in [0.25, 0.3) is 10.2 Å². The Balaban J connectivity index is 1.84. The molecule has 1 aliphatic heterocycles. The summed E-state index contributed by atoms with van der Waals surface area (Å²) in [6.07, 6.45) is 3.67. The lowest BCUT2D eigenvalue weighted by atomic mass is 10.2. The predicted octanol–water partition coefficient (Wildman–Crippen LogP) is 2.20. The Bertz CT molecular complexity index is 513. The smallest absolute Gasteiger partial charge is 0.202 e. The zero-order valence-corrected chi connectivity index (χ0v) is 12.4. The molecule has 106 valence electrons. The van der Waals surface area contributed by atoms with E-state index in [1.54, 1.807) is 0 Å². The van der Waals surface area contributed by atoms with Crippen molar-refractivity contribution in [2.75, 3.05) is 19.6 Å². The first-order chi connectivity index (χ1) is 9.08. The molecule has 1 N–H and O–H groups in total. The highest BCUT2D eigenvalue weighted by Gasteiger charge is 2.22. The minimum Gasteiger partial charge on any atom is -0.202 e. The average molecular weight is 303 g/mol. The molecular formula is C13H19ClN2O2S. The number of halogens is 1.